The Hall–Kier alpha value is -1.23. The Bertz CT molecular complexity index is 594. The van der Waals surface area contributed by atoms with E-state index < -0.39 is 11.2 Å². The maximum atomic E-state index is 13.7. The van der Waals surface area contributed by atoms with Gasteiger partial charge in [-0.1, -0.05) is 25.7 Å². The first-order valence-electron chi connectivity index (χ1n) is 7.36. The maximum Gasteiger partial charge on any atom is 0.240 e. The van der Waals surface area contributed by atoms with Gasteiger partial charge in [0.15, 0.2) is 0 Å². The fraction of sp³-hybridized carbons (Fsp3) is 0.500. The summed E-state index contributed by atoms with van der Waals surface area (Å²) in [5.41, 5.74) is -0.205. The lowest BCUT2D eigenvalue weighted by Gasteiger charge is -2.25. The SMILES string of the molecule is O=C1CC2(CCCCCC2)C(=O)N1c1ccc(Br)c(F)c1. The molecule has 2 fully saturated rings. The van der Waals surface area contributed by atoms with Crippen LogP contribution in [-0.4, -0.2) is 11.8 Å². The highest BCUT2D eigenvalue weighted by molar-refractivity contribution is 9.10. The van der Waals surface area contributed by atoms with Crippen molar-refractivity contribution in [3.63, 3.8) is 0 Å². The molecule has 21 heavy (non-hydrogen) atoms. The second kappa shape index (κ2) is 5.52. The lowest BCUT2D eigenvalue weighted by atomic mass is 9.79. The van der Waals surface area contributed by atoms with Gasteiger partial charge in [-0.2, -0.15) is 0 Å². The molecular formula is C16H17BrFNO2. The molecule has 3 nitrogen and oxygen atoms in total. The second-order valence-corrected chi connectivity index (χ2v) is 6.86. The Morgan fingerprint density at radius 1 is 1.10 bits per heavy atom. The van der Waals surface area contributed by atoms with Crippen molar-refractivity contribution in [1.82, 2.24) is 0 Å². The third-order valence-electron chi connectivity index (χ3n) is 4.62. The van der Waals surface area contributed by atoms with Gasteiger partial charge >= 0.3 is 0 Å². The highest BCUT2D eigenvalue weighted by Crippen LogP contribution is 2.45. The smallest absolute Gasteiger partial charge is 0.240 e. The highest BCUT2D eigenvalue weighted by Gasteiger charge is 2.51. The summed E-state index contributed by atoms with van der Waals surface area (Å²) in [6, 6.07) is 4.39. The molecule has 0 unspecified atom stereocenters. The van der Waals surface area contributed by atoms with E-state index in [0.29, 0.717) is 10.2 Å². The van der Waals surface area contributed by atoms with Crippen molar-refractivity contribution < 1.29 is 14.0 Å². The van der Waals surface area contributed by atoms with Gasteiger partial charge in [-0.25, -0.2) is 9.29 Å². The van der Waals surface area contributed by atoms with E-state index in [1.165, 1.54) is 17.0 Å². The van der Waals surface area contributed by atoms with Crippen LogP contribution in [0.3, 0.4) is 0 Å². The zero-order chi connectivity index (χ0) is 15.0. The van der Waals surface area contributed by atoms with Gasteiger partial charge in [0.25, 0.3) is 0 Å². The summed E-state index contributed by atoms with van der Waals surface area (Å²) in [6.07, 6.45) is 6.03. The number of benzene rings is 1. The molecule has 0 atom stereocenters. The molecule has 1 aliphatic heterocycles. The van der Waals surface area contributed by atoms with Crippen LogP contribution in [0.2, 0.25) is 0 Å². The summed E-state index contributed by atoms with van der Waals surface area (Å²) in [5, 5.41) is 0. The van der Waals surface area contributed by atoms with E-state index in [1.54, 1.807) is 6.07 Å². The molecule has 1 saturated heterocycles. The van der Waals surface area contributed by atoms with Gasteiger partial charge in [-0.15, -0.1) is 0 Å². The second-order valence-electron chi connectivity index (χ2n) is 6.00. The van der Waals surface area contributed by atoms with Crippen LogP contribution in [0.4, 0.5) is 10.1 Å². The van der Waals surface area contributed by atoms with Crippen LogP contribution in [0, 0.1) is 11.2 Å². The Morgan fingerprint density at radius 3 is 2.38 bits per heavy atom. The van der Waals surface area contributed by atoms with E-state index >= 15 is 0 Å². The maximum absolute atomic E-state index is 13.7. The molecule has 1 aliphatic carbocycles. The zero-order valence-electron chi connectivity index (χ0n) is 11.7. The minimum atomic E-state index is -0.545. The van der Waals surface area contributed by atoms with Gasteiger partial charge in [0.2, 0.25) is 11.8 Å². The molecule has 0 bridgehead atoms. The van der Waals surface area contributed by atoms with Crippen molar-refractivity contribution >= 4 is 33.4 Å². The Morgan fingerprint density at radius 2 is 1.76 bits per heavy atom. The lowest BCUT2D eigenvalue weighted by molar-refractivity contribution is -0.126. The number of hydrogen-bond donors (Lipinski definition) is 0. The summed E-state index contributed by atoms with van der Waals surface area (Å²) in [4.78, 5) is 26.3. The topological polar surface area (TPSA) is 37.4 Å². The molecule has 2 amide bonds. The normalized spacial score (nSPS) is 21.9. The Labute approximate surface area is 131 Å². The first-order chi connectivity index (χ1) is 10.0. The molecule has 0 aromatic heterocycles. The predicted octanol–water partition coefficient (Wildman–Crippen LogP) is 4.19. The van der Waals surface area contributed by atoms with E-state index in [2.05, 4.69) is 15.9 Å². The number of anilines is 1. The molecule has 5 heteroatoms. The van der Waals surface area contributed by atoms with E-state index in [1.807, 2.05) is 0 Å². The van der Waals surface area contributed by atoms with Gasteiger partial charge in [0.05, 0.1) is 15.6 Å². The molecule has 0 N–H and O–H groups in total. The summed E-state index contributed by atoms with van der Waals surface area (Å²) in [5.74, 6) is -0.810. The first kappa shape index (κ1) is 14.7. The number of rotatable bonds is 1. The van der Waals surface area contributed by atoms with Crippen molar-refractivity contribution in [2.75, 3.05) is 4.90 Å². The molecule has 1 aromatic carbocycles. The summed E-state index contributed by atoms with van der Waals surface area (Å²) in [6.45, 7) is 0. The summed E-state index contributed by atoms with van der Waals surface area (Å²) in [7, 11) is 0. The van der Waals surface area contributed by atoms with Crippen LogP contribution < -0.4 is 4.90 Å². The Kier molecular flexibility index (Phi) is 3.86. The number of carbonyl (C=O) groups is 2. The van der Waals surface area contributed by atoms with E-state index in [9.17, 15) is 14.0 Å². The third kappa shape index (κ3) is 2.52. The number of amides is 2. The average Bonchev–Trinajstić information content (AvgIpc) is 2.61. The quantitative estimate of drug-likeness (QED) is 0.709. The van der Waals surface area contributed by atoms with Crippen LogP contribution in [0.15, 0.2) is 22.7 Å². The molecule has 112 valence electrons. The minimum absolute atomic E-state index is 0.142. The van der Waals surface area contributed by atoms with Gasteiger partial charge in [0.1, 0.15) is 5.82 Å². The van der Waals surface area contributed by atoms with Crippen molar-refractivity contribution in [1.29, 1.82) is 0 Å². The van der Waals surface area contributed by atoms with Gasteiger partial charge in [0, 0.05) is 6.42 Å². The molecular weight excluding hydrogens is 337 g/mol. The molecule has 1 saturated carbocycles. The number of carbonyl (C=O) groups excluding carboxylic acids is 2. The molecule has 1 aromatic rings. The zero-order valence-corrected chi connectivity index (χ0v) is 13.3. The fourth-order valence-corrected chi connectivity index (χ4v) is 3.72. The monoisotopic (exact) mass is 353 g/mol. The molecule has 2 aliphatic rings. The largest absolute Gasteiger partial charge is 0.274 e. The Balaban J connectivity index is 1.94. The van der Waals surface area contributed by atoms with Gasteiger partial charge in [-0.3, -0.25) is 9.59 Å². The fourth-order valence-electron chi connectivity index (χ4n) is 3.48. The van der Waals surface area contributed by atoms with Crippen molar-refractivity contribution in [2.24, 2.45) is 5.41 Å². The standard InChI is InChI=1S/C16H17BrFNO2/c17-12-6-5-11(9-13(12)18)19-14(20)10-16(15(19)21)7-3-1-2-4-8-16/h5-6,9H,1-4,7-8,10H2. The van der Waals surface area contributed by atoms with Crippen LogP contribution in [0.25, 0.3) is 0 Å². The van der Waals surface area contributed by atoms with Crippen LogP contribution in [-0.2, 0) is 9.59 Å². The molecule has 1 spiro atoms. The van der Waals surface area contributed by atoms with Gasteiger partial charge < -0.3 is 0 Å². The number of halogens is 2. The van der Waals surface area contributed by atoms with Crippen LogP contribution in [0.5, 0.6) is 0 Å². The first-order valence-corrected chi connectivity index (χ1v) is 8.15. The minimum Gasteiger partial charge on any atom is -0.274 e. The van der Waals surface area contributed by atoms with Gasteiger partial charge in [-0.05, 0) is 47.0 Å². The molecule has 0 radical (unpaired) electrons. The number of imide groups is 1. The summed E-state index contributed by atoms with van der Waals surface area (Å²) < 4.78 is 14.0. The summed E-state index contributed by atoms with van der Waals surface area (Å²) >= 11 is 3.09. The molecule has 1 heterocycles. The predicted molar refractivity (Wildman–Crippen MR) is 81.3 cm³/mol. The third-order valence-corrected chi connectivity index (χ3v) is 5.26. The van der Waals surface area contributed by atoms with E-state index in [4.69, 9.17) is 0 Å². The van der Waals surface area contributed by atoms with Crippen LogP contribution in [0.1, 0.15) is 44.9 Å². The van der Waals surface area contributed by atoms with E-state index in [-0.39, 0.29) is 18.2 Å². The highest BCUT2D eigenvalue weighted by atomic mass is 79.9. The van der Waals surface area contributed by atoms with Crippen LogP contribution >= 0.6 is 15.9 Å². The van der Waals surface area contributed by atoms with Crippen molar-refractivity contribution in [3.8, 4) is 0 Å². The van der Waals surface area contributed by atoms with Crippen molar-refractivity contribution in [3.05, 3.63) is 28.5 Å². The lowest BCUT2D eigenvalue weighted by Crippen LogP contribution is -2.35. The number of hydrogen-bond acceptors (Lipinski definition) is 2. The van der Waals surface area contributed by atoms with E-state index in [0.717, 1.165) is 38.5 Å². The van der Waals surface area contributed by atoms with Crippen molar-refractivity contribution in [2.45, 2.75) is 44.9 Å². The molecule has 3 rings (SSSR count). The average molecular weight is 354 g/mol. The number of nitrogens with zero attached hydrogens (tertiary/aromatic N) is 1.